The van der Waals surface area contributed by atoms with Gasteiger partial charge in [-0.1, -0.05) is 0 Å². The van der Waals surface area contributed by atoms with Gasteiger partial charge in [-0.15, -0.1) is 0 Å². The van der Waals surface area contributed by atoms with Crippen molar-refractivity contribution in [2.45, 2.75) is 17.7 Å². The van der Waals surface area contributed by atoms with E-state index in [0.717, 1.165) is 0 Å². The number of hydrogen-bond donors (Lipinski definition) is 1. The third-order valence-corrected chi connectivity index (χ3v) is 4.19. The number of hydrogen-bond acceptors (Lipinski definition) is 6. The molecule has 1 fully saturated rings. The van der Waals surface area contributed by atoms with Crippen LogP contribution in [0.2, 0.25) is 0 Å². The topological polar surface area (TPSA) is 110 Å². The van der Waals surface area contributed by atoms with E-state index in [1.165, 1.54) is 31.4 Å². The van der Waals surface area contributed by atoms with Gasteiger partial charge in [0.05, 0.1) is 7.11 Å². The van der Waals surface area contributed by atoms with Crippen LogP contribution >= 0.6 is 0 Å². The third-order valence-electron chi connectivity index (χ3n) is 3.16. The third kappa shape index (κ3) is 3.01. The summed E-state index contributed by atoms with van der Waals surface area (Å²) in [6, 6.07) is 3.45. The SMILES string of the molecule is COc1ccc(N2C(=O)C(OS(=O)(=O)C(F)(F)F)C2C(=O)O)cc1. The summed E-state index contributed by atoms with van der Waals surface area (Å²) in [5, 5.41) is 9.08. The van der Waals surface area contributed by atoms with Gasteiger partial charge in [-0.3, -0.25) is 9.69 Å². The molecule has 2 unspecified atom stereocenters. The molecule has 0 aliphatic carbocycles. The van der Waals surface area contributed by atoms with Crippen molar-refractivity contribution in [3.63, 3.8) is 0 Å². The van der Waals surface area contributed by atoms with Crippen molar-refractivity contribution in [1.29, 1.82) is 0 Å². The second-order valence-electron chi connectivity index (χ2n) is 4.61. The number of amides is 1. The van der Waals surface area contributed by atoms with Crippen molar-refractivity contribution in [3.8, 4) is 5.75 Å². The first-order valence-corrected chi connectivity index (χ1v) is 7.60. The summed E-state index contributed by atoms with van der Waals surface area (Å²) in [6.45, 7) is 0. The van der Waals surface area contributed by atoms with Crippen LogP contribution in [0.15, 0.2) is 24.3 Å². The number of ether oxygens (including phenoxy) is 1. The summed E-state index contributed by atoms with van der Waals surface area (Å²) in [6.07, 6.45) is -2.30. The van der Waals surface area contributed by atoms with Crippen molar-refractivity contribution in [2.24, 2.45) is 0 Å². The van der Waals surface area contributed by atoms with E-state index in [1.807, 2.05) is 0 Å². The van der Waals surface area contributed by atoms with Crippen LogP contribution in [-0.4, -0.2) is 50.2 Å². The Hall–Kier alpha value is -2.34. The lowest BCUT2D eigenvalue weighted by molar-refractivity contribution is -0.153. The average molecular weight is 369 g/mol. The van der Waals surface area contributed by atoms with Crippen LogP contribution in [0.25, 0.3) is 0 Å². The first kappa shape index (κ1) is 18.0. The molecule has 0 aromatic heterocycles. The summed E-state index contributed by atoms with van der Waals surface area (Å²) in [5.74, 6) is -2.54. The molecule has 1 aliphatic heterocycles. The summed E-state index contributed by atoms with van der Waals surface area (Å²) >= 11 is 0. The van der Waals surface area contributed by atoms with Crippen LogP contribution in [0.3, 0.4) is 0 Å². The average Bonchev–Trinajstić information content (AvgIpc) is 2.48. The van der Waals surface area contributed by atoms with Crippen LogP contribution in [0.5, 0.6) is 5.75 Å². The van der Waals surface area contributed by atoms with E-state index in [9.17, 15) is 31.2 Å². The summed E-state index contributed by atoms with van der Waals surface area (Å²) < 4.78 is 67.5. The molecule has 1 aromatic carbocycles. The minimum absolute atomic E-state index is 0.0393. The van der Waals surface area contributed by atoms with Crippen LogP contribution < -0.4 is 9.64 Å². The van der Waals surface area contributed by atoms with Crippen molar-refractivity contribution in [1.82, 2.24) is 0 Å². The smallest absolute Gasteiger partial charge is 0.497 e. The molecular weight excluding hydrogens is 359 g/mol. The number of carboxylic acid groups (broad SMARTS) is 1. The minimum atomic E-state index is -6.10. The molecule has 132 valence electrons. The summed E-state index contributed by atoms with van der Waals surface area (Å²) in [7, 11) is -4.73. The number of methoxy groups -OCH3 is 1. The molecule has 0 saturated carbocycles. The van der Waals surface area contributed by atoms with Crippen LogP contribution in [0.1, 0.15) is 0 Å². The number of aliphatic carboxylic acids is 1. The van der Waals surface area contributed by atoms with E-state index in [4.69, 9.17) is 9.84 Å². The maximum atomic E-state index is 12.3. The lowest BCUT2D eigenvalue weighted by atomic mass is 9.97. The fourth-order valence-electron chi connectivity index (χ4n) is 2.02. The van der Waals surface area contributed by atoms with Gasteiger partial charge in [0, 0.05) is 5.69 Å². The number of β-lactam (4-membered cyclic amide) rings is 1. The van der Waals surface area contributed by atoms with Crippen molar-refractivity contribution in [2.75, 3.05) is 12.0 Å². The molecule has 1 N–H and O–H groups in total. The van der Waals surface area contributed by atoms with Gasteiger partial charge in [-0.25, -0.2) is 8.98 Å². The summed E-state index contributed by atoms with van der Waals surface area (Å²) in [5.41, 5.74) is -5.73. The molecule has 12 heteroatoms. The lowest BCUT2D eigenvalue weighted by Gasteiger charge is -2.43. The predicted molar refractivity (Wildman–Crippen MR) is 71.8 cm³/mol. The van der Waals surface area contributed by atoms with Gasteiger partial charge in [0.1, 0.15) is 5.75 Å². The molecule has 2 atom stereocenters. The monoisotopic (exact) mass is 369 g/mol. The van der Waals surface area contributed by atoms with Gasteiger partial charge >= 0.3 is 21.6 Å². The Morgan fingerprint density at radius 2 is 1.79 bits per heavy atom. The zero-order chi connectivity index (χ0) is 18.3. The Labute approximate surface area is 133 Å². The highest BCUT2D eigenvalue weighted by Crippen LogP contribution is 2.35. The first-order chi connectivity index (χ1) is 11.0. The van der Waals surface area contributed by atoms with E-state index >= 15 is 0 Å². The van der Waals surface area contributed by atoms with E-state index in [-0.39, 0.29) is 5.69 Å². The van der Waals surface area contributed by atoms with Gasteiger partial charge in [0.15, 0.2) is 12.1 Å². The highest BCUT2D eigenvalue weighted by molar-refractivity contribution is 7.87. The van der Waals surface area contributed by atoms with E-state index in [0.29, 0.717) is 10.6 Å². The van der Waals surface area contributed by atoms with Gasteiger partial charge in [-0.05, 0) is 24.3 Å². The predicted octanol–water partition coefficient (Wildman–Crippen LogP) is 0.730. The Morgan fingerprint density at radius 3 is 2.21 bits per heavy atom. The molecule has 0 radical (unpaired) electrons. The Kier molecular flexibility index (Phi) is 4.46. The Bertz CT molecular complexity index is 760. The van der Waals surface area contributed by atoms with Crippen molar-refractivity contribution < 1.29 is 45.2 Å². The molecule has 2 rings (SSSR count). The van der Waals surface area contributed by atoms with Gasteiger partial charge < -0.3 is 9.84 Å². The fraction of sp³-hybridized carbons (Fsp3) is 0.333. The number of carbonyl (C=O) groups is 2. The van der Waals surface area contributed by atoms with Crippen LogP contribution in [0, 0.1) is 0 Å². The molecule has 1 aromatic rings. The maximum absolute atomic E-state index is 12.3. The number of anilines is 1. The minimum Gasteiger partial charge on any atom is -0.497 e. The van der Waals surface area contributed by atoms with E-state index in [1.54, 1.807) is 0 Å². The fourth-order valence-corrected chi connectivity index (χ4v) is 2.59. The van der Waals surface area contributed by atoms with Gasteiger partial charge in [-0.2, -0.15) is 21.6 Å². The number of halogens is 3. The molecule has 1 amide bonds. The Morgan fingerprint density at radius 1 is 1.25 bits per heavy atom. The largest absolute Gasteiger partial charge is 0.523 e. The second-order valence-corrected chi connectivity index (χ2v) is 6.17. The molecule has 0 spiro atoms. The van der Waals surface area contributed by atoms with Crippen molar-refractivity contribution >= 4 is 27.7 Å². The normalized spacial score (nSPS) is 21.3. The van der Waals surface area contributed by atoms with E-state index < -0.39 is 39.6 Å². The number of carbonyl (C=O) groups excluding carboxylic acids is 1. The van der Waals surface area contributed by atoms with Crippen LogP contribution in [-0.2, 0) is 23.9 Å². The number of rotatable bonds is 5. The number of benzene rings is 1. The highest BCUT2D eigenvalue weighted by Gasteiger charge is 2.59. The number of alkyl halides is 3. The van der Waals surface area contributed by atoms with Gasteiger partial charge in [0.25, 0.3) is 5.91 Å². The second kappa shape index (κ2) is 5.94. The van der Waals surface area contributed by atoms with E-state index in [2.05, 4.69) is 4.18 Å². The standard InChI is InChI=1S/C12H10F3NO7S/c1-22-7-4-2-6(3-5-7)16-8(11(18)19)9(10(16)17)23-24(20,21)12(13,14)15/h2-5,8-9H,1H3,(H,18,19). The summed E-state index contributed by atoms with van der Waals surface area (Å²) in [4.78, 5) is 23.7. The maximum Gasteiger partial charge on any atom is 0.523 e. The molecule has 0 bridgehead atoms. The number of carboxylic acids is 1. The molecule has 24 heavy (non-hydrogen) atoms. The zero-order valence-corrected chi connectivity index (χ0v) is 12.7. The molecular formula is C12H10F3NO7S. The number of nitrogens with zero attached hydrogens (tertiary/aromatic N) is 1. The lowest BCUT2D eigenvalue weighted by Crippen LogP contribution is -2.70. The quantitative estimate of drug-likeness (QED) is 0.463. The zero-order valence-electron chi connectivity index (χ0n) is 11.9. The van der Waals surface area contributed by atoms with Gasteiger partial charge in [0.2, 0.25) is 0 Å². The molecule has 1 saturated heterocycles. The Balaban J connectivity index is 2.28. The van der Waals surface area contributed by atoms with Crippen LogP contribution in [0.4, 0.5) is 18.9 Å². The molecule has 1 heterocycles. The molecule has 8 nitrogen and oxygen atoms in total. The van der Waals surface area contributed by atoms with Crippen molar-refractivity contribution in [3.05, 3.63) is 24.3 Å². The molecule has 1 aliphatic rings. The first-order valence-electron chi connectivity index (χ1n) is 6.19. The highest BCUT2D eigenvalue weighted by atomic mass is 32.2.